The monoisotopic (exact) mass is 271 g/mol. The number of benzene rings is 1. The Balaban J connectivity index is 2.09. The van der Waals surface area contributed by atoms with Gasteiger partial charge in [0.1, 0.15) is 0 Å². The molecule has 2 aliphatic rings. The van der Waals surface area contributed by atoms with E-state index in [0.717, 1.165) is 12.5 Å². The zero-order valence-electron chi connectivity index (χ0n) is 13.8. The summed E-state index contributed by atoms with van der Waals surface area (Å²) in [6.07, 6.45) is 4.05. The molecule has 0 N–H and O–H groups in total. The molecular formula is C19H29N. The van der Waals surface area contributed by atoms with Crippen molar-refractivity contribution in [3.8, 4) is 0 Å². The Hall–Kier alpha value is -0.820. The van der Waals surface area contributed by atoms with E-state index in [1.165, 1.54) is 31.4 Å². The van der Waals surface area contributed by atoms with Crippen molar-refractivity contribution >= 4 is 0 Å². The molecule has 3 rings (SSSR count). The molecule has 1 aliphatic carbocycles. The molecule has 20 heavy (non-hydrogen) atoms. The smallest absolute Gasteiger partial charge is 0.0239 e. The van der Waals surface area contributed by atoms with Gasteiger partial charge in [0.05, 0.1) is 0 Å². The zero-order valence-corrected chi connectivity index (χ0v) is 13.8. The highest BCUT2D eigenvalue weighted by molar-refractivity contribution is 5.46. The number of aryl methyl sites for hydroxylation is 1. The summed E-state index contributed by atoms with van der Waals surface area (Å²) in [7, 11) is 0. The van der Waals surface area contributed by atoms with E-state index < -0.39 is 0 Å². The van der Waals surface area contributed by atoms with Crippen LogP contribution in [0.4, 0.5) is 0 Å². The van der Waals surface area contributed by atoms with Crippen LogP contribution in [-0.4, -0.2) is 17.5 Å². The number of nitrogens with zero attached hydrogens (tertiary/aromatic N) is 1. The maximum atomic E-state index is 2.66. The summed E-state index contributed by atoms with van der Waals surface area (Å²) in [5.74, 6) is 0.791. The third-order valence-corrected chi connectivity index (χ3v) is 5.18. The lowest BCUT2D eigenvalue weighted by Crippen LogP contribution is -2.40. The van der Waals surface area contributed by atoms with E-state index in [2.05, 4.69) is 51.7 Å². The summed E-state index contributed by atoms with van der Waals surface area (Å²) in [4.78, 5) is 2.66. The number of hydrogen-bond acceptors (Lipinski definition) is 1. The van der Waals surface area contributed by atoms with Crippen LogP contribution in [0.2, 0.25) is 0 Å². The van der Waals surface area contributed by atoms with Crippen molar-refractivity contribution in [2.75, 3.05) is 6.54 Å². The summed E-state index contributed by atoms with van der Waals surface area (Å²) in [5.41, 5.74) is 6.79. The van der Waals surface area contributed by atoms with E-state index in [4.69, 9.17) is 0 Å². The van der Waals surface area contributed by atoms with Crippen molar-refractivity contribution in [1.29, 1.82) is 0 Å². The number of hydrogen-bond donors (Lipinski definition) is 0. The van der Waals surface area contributed by atoms with Gasteiger partial charge >= 0.3 is 0 Å². The first-order valence-electron chi connectivity index (χ1n) is 8.26. The summed E-state index contributed by atoms with van der Waals surface area (Å²) in [5, 5.41) is 0. The molecule has 1 heterocycles. The fourth-order valence-corrected chi connectivity index (χ4v) is 3.90. The van der Waals surface area contributed by atoms with Crippen molar-refractivity contribution in [2.45, 2.75) is 77.8 Å². The minimum atomic E-state index is 0.262. The average Bonchev–Trinajstić information content (AvgIpc) is 2.37. The molecule has 0 saturated heterocycles. The van der Waals surface area contributed by atoms with Gasteiger partial charge in [-0.15, -0.1) is 0 Å². The van der Waals surface area contributed by atoms with Crippen LogP contribution < -0.4 is 0 Å². The van der Waals surface area contributed by atoms with Gasteiger partial charge in [0.25, 0.3) is 0 Å². The Labute approximate surface area is 124 Å². The van der Waals surface area contributed by atoms with E-state index in [9.17, 15) is 0 Å². The van der Waals surface area contributed by atoms with Crippen molar-refractivity contribution in [3.05, 3.63) is 34.4 Å². The van der Waals surface area contributed by atoms with E-state index in [1.807, 2.05) is 0 Å². The summed E-state index contributed by atoms with van der Waals surface area (Å²) < 4.78 is 0. The maximum Gasteiger partial charge on any atom is 0.0239 e. The lowest BCUT2D eigenvalue weighted by atomic mass is 9.74. The van der Waals surface area contributed by atoms with Gasteiger partial charge in [0, 0.05) is 19.1 Å². The van der Waals surface area contributed by atoms with Crippen LogP contribution >= 0.6 is 0 Å². The van der Waals surface area contributed by atoms with Gasteiger partial charge in [-0.3, -0.25) is 4.90 Å². The Morgan fingerprint density at radius 3 is 2.50 bits per heavy atom. The van der Waals surface area contributed by atoms with Crippen molar-refractivity contribution in [3.63, 3.8) is 0 Å². The van der Waals surface area contributed by atoms with Gasteiger partial charge in [-0.25, -0.2) is 0 Å². The first-order valence-corrected chi connectivity index (χ1v) is 8.26. The molecule has 0 unspecified atom stereocenters. The molecule has 0 radical (unpaired) electrons. The highest BCUT2D eigenvalue weighted by Crippen LogP contribution is 2.41. The molecule has 1 nitrogen and oxygen atoms in total. The standard InChI is InChI=1S/C19H29N/c1-13(2)20-11-15-8-6-7-14-9-17(19(3,4)5)10-16(12-20)18(14)15/h9-10,13,15H,6-8,11-12H2,1-5H3/t15-/m1/s1. The van der Waals surface area contributed by atoms with Crippen LogP contribution in [0.15, 0.2) is 12.1 Å². The Bertz CT molecular complexity index is 507. The first-order chi connectivity index (χ1) is 9.36. The molecule has 0 aromatic heterocycles. The first kappa shape index (κ1) is 14.1. The molecule has 0 spiro atoms. The van der Waals surface area contributed by atoms with Crippen LogP contribution in [0, 0.1) is 0 Å². The molecule has 0 bridgehead atoms. The van der Waals surface area contributed by atoms with Gasteiger partial charge < -0.3 is 0 Å². The average molecular weight is 271 g/mol. The van der Waals surface area contributed by atoms with E-state index in [-0.39, 0.29) is 5.41 Å². The minimum absolute atomic E-state index is 0.262. The van der Waals surface area contributed by atoms with Crippen molar-refractivity contribution in [1.82, 2.24) is 4.90 Å². The van der Waals surface area contributed by atoms with Crippen LogP contribution in [0.3, 0.4) is 0 Å². The van der Waals surface area contributed by atoms with Gasteiger partial charge in [-0.1, -0.05) is 32.9 Å². The third-order valence-electron chi connectivity index (χ3n) is 5.18. The lowest BCUT2D eigenvalue weighted by Gasteiger charge is -2.41. The molecule has 0 amide bonds. The highest BCUT2D eigenvalue weighted by Gasteiger charge is 2.32. The van der Waals surface area contributed by atoms with Gasteiger partial charge in [0.15, 0.2) is 0 Å². The Morgan fingerprint density at radius 1 is 1.15 bits per heavy atom. The van der Waals surface area contributed by atoms with Crippen LogP contribution in [0.5, 0.6) is 0 Å². The second-order valence-corrected chi connectivity index (χ2v) is 8.07. The van der Waals surface area contributed by atoms with Gasteiger partial charge in [-0.2, -0.15) is 0 Å². The third kappa shape index (κ3) is 2.41. The molecule has 1 heteroatoms. The van der Waals surface area contributed by atoms with Crippen LogP contribution in [0.25, 0.3) is 0 Å². The quantitative estimate of drug-likeness (QED) is 0.720. The Kier molecular flexibility index (Phi) is 3.44. The van der Waals surface area contributed by atoms with Crippen LogP contribution in [-0.2, 0) is 18.4 Å². The molecule has 0 saturated carbocycles. The molecule has 1 aromatic carbocycles. The molecule has 1 aliphatic heterocycles. The predicted molar refractivity (Wildman–Crippen MR) is 86.4 cm³/mol. The normalized spacial score (nSPS) is 23.0. The largest absolute Gasteiger partial charge is 0.296 e. The SMILES string of the molecule is CC(C)N1Cc2cc(C(C)(C)C)cc3c2[C@H](CCC3)C1. The Morgan fingerprint density at radius 2 is 1.85 bits per heavy atom. The molecule has 0 fully saturated rings. The van der Waals surface area contributed by atoms with Gasteiger partial charge in [-0.05, 0) is 66.7 Å². The molecule has 1 aromatic rings. The fraction of sp³-hybridized carbons (Fsp3) is 0.684. The van der Waals surface area contributed by atoms with E-state index in [1.54, 1.807) is 16.7 Å². The fourth-order valence-electron chi connectivity index (χ4n) is 3.90. The van der Waals surface area contributed by atoms with E-state index in [0.29, 0.717) is 6.04 Å². The predicted octanol–water partition coefficient (Wildman–Crippen LogP) is 4.63. The van der Waals surface area contributed by atoms with Gasteiger partial charge in [0.2, 0.25) is 0 Å². The zero-order chi connectivity index (χ0) is 14.5. The van der Waals surface area contributed by atoms with E-state index >= 15 is 0 Å². The molecule has 110 valence electrons. The lowest BCUT2D eigenvalue weighted by molar-refractivity contribution is 0.176. The number of rotatable bonds is 1. The summed E-state index contributed by atoms with van der Waals surface area (Å²) in [6.45, 7) is 14.1. The maximum absolute atomic E-state index is 2.66. The van der Waals surface area contributed by atoms with Crippen LogP contribution in [0.1, 0.15) is 75.6 Å². The van der Waals surface area contributed by atoms with Crippen molar-refractivity contribution < 1.29 is 0 Å². The highest BCUT2D eigenvalue weighted by atomic mass is 15.2. The molecular weight excluding hydrogens is 242 g/mol. The second kappa shape index (κ2) is 4.87. The minimum Gasteiger partial charge on any atom is -0.296 e. The second-order valence-electron chi connectivity index (χ2n) is 8.07. The summed E-state index contributed by atoms with van der Waals surface area (Å²) >= 11 is 0. The van der Waals surface area contributed by atoms with Crippen molar-refractivity contribution in [2.24, 2.45) is 0 Å². The molecule has 1 atom stereocenters. The topological polar surface area (TPSA) is 3.24 Å². The summed E-state index contributed by atoms with van der Waals surface area (Å²) in [6, 6.07) is 5.67.